The smallest absolute Gasteiger partial charge is 0.139 e. The van der Waals surface area contributed by atoms with E-state index >= 15 is 0 Å². The third-order valence-electron chi connectivity index (χ3n) is 6.94. The van der Waals surface area contributed by atoms with Crippen LogP contribution in [0.5, 0.6) is 0 Å². The monoisotopic (exact) mass is 448 g/mol. The molecule has 0 spiro atoms. The number of hydrogen-bond donors (Lipinski definition) is 0. The Balaban J connectivity index is 1.45. The summed E-state index contributed by atoms with van der Waals surface area (Å²) in [4.78, 5) is 0. The highest BCUT2D eigenvalue weighted by atomic mass is 19.1. The highest BCUT2D eigenvalue weighted by molar-refractivity contribution is 5.55. The Hall–Kier alpha value is -3.29. The number of halogens is 1. The van der Waals surface area contributed by atoms with Gasteiger partial charge in [0.1, 0.15) is 5.82 Å². The maximum atomic E-state index is 14.1. The Morgan fingerprint density at radius 1 is 0.735 bits per heavy atom. The molecule has 4 rings (SSSR count). The second-order valence-electron chi connectivity index (χ2n) is 10.00. The van der Waals surface area contributed by atoms with Gasteiger partial charge >= 0.3 is 0 Å². The highest BCUT2D eigenvalue weighted by Gasteiger charge is 2.18. The second kappa shape index (κ2) is 10.8. The molecule has 0 N–H and O–H groups in total. The molecule has 0 bridgehead atoms. The molecule has 0 aliphatic heterocycles. The molecule has 1 heteroatoms. The lowest BCUT2D eigenvalue weighted by molar-refractivity contribution is 0.289. The average Bonchev–Trinajstić information content (AvgIpc) is 2.81. The van der Waals surface area contributed by atoms with Gasteiger partial charge in [-0.25, -0.2) is 4.39 Å². The Morgan fingerprint density at radius 2 is 1.38 bits per heavy atom. The lowest BCUT2D eigenvalue weighted by Crippen LogP contribution is -2.14. The standard InChI is InChI=1S/C33H33F/c1-23-5-8-28(9-6-23)22-29-13-10-27(11-14-29)12-15-30-20-25(3)32(26(4)21-30)18-17-31-16-7-24(2)19-33(31)34/h7,10-11,13-14,16,19-21,23,28H,5-6,8-9,22H2,1-4H3. The van der Waals surface area contributed by atoms with Crippen molar-refractivity contribution in [3.05, 3.63) is 105 Å². The number of rotatable bonds is 2. The van der Waals surface area contributed by atoms with Crippen molar-refractivity contribution in [1.29, 1.82) is 0 Å². The maximum absolute atomic E-state index is 14.1. The minimum atomic E-state index is -0.273. The molecule has 3 aromatic carbocycles. The summed E-state index contributed by atoms with van der Waals surface area (Å²) in [6, 6.07) is 18.0. The van der Waals surface area contributed by atoms with Gasteiger partial charge in [-0.2, -0.15) is 0 Å². The van der Waals surface area contributed by atoms with Crippen LogP contribution in [0.3, 0.4) is 0 Å². The van der Waals surface area contributed by atoms with Crippen molar-refractivity contribution in [3.8, 4) is 23.7 Å². The van der Waals surface area contributed by atoms with Gasteiger partial charge in [0.2, 0.25) is 0 Å². The summed E-state index contributed by atoms with van der Waals surface area (Å²) in [5.41, 5.74) is 7.80. The predicted molar refractivity (Wildman–Crippen MR) is 140 cm³/mol. The lowest BCUT2D eigenvalue weighted by atomic mass is 9.80. The molecule has 1 saturated carbocycles. The fourth-order valence-electron chi connectivity index (χ4n) is 4.82. The predicted octanol–water partition coefficient (Wildman–Crippen LogP) is 7.92. The first kappa shape index (κ1) is 23.9. The largest absolute Gasteiger partial charge is 0.206 e. The molecule has 0 nitrogen and oxygen atoms in total. The zero-order chi connectivity index (χ0) is 24.1. The average molecular weight is 449 g/mol. The van der Waals surface area contributed by atoms with Gasteiger partial charge in [0.05, 0.1) is 5.56 Å². The summed E-state index contributed by atoms with van der Waals surface area (Å²) in [5, 5.41) is 0. The van der Waals surface area contributed by atoms with Crippen molar-refractivity contribution in [2.45, 2.75) is 59.8 Å². The van der Waals surface area contributed by atoms with E-state index < -0.39 is 0 Å². The van der Waals surface area contributed by atoms with Gasteiger partial charge in [0.25, 0.3) is 0 Å². The third kappa shape index (κ3) is 6.18. The van der Waals surface area contributed by atoms with Gasteiger partial charge in [0.15, 0.2) is 0 Å². The molecule has 3 aromatic rings. The van der Waals surface area contributed by atoms with Gasteiger partial charge in [-0.1, -0.05) is 61.6 Å². The van der Waals surface area contributed by atoms with E-state index in [4.69, 9.17) is 0 Å². The Morgan fingerprint density at radius 3 is 2.03 bits per heavy atom. The molecule has 0 unspecified atom stereocenters. The zero-order valence-corrected chi connectivity index (χ0v) is 20.8. The molecule has 0 amide bonds. The lowest BCUT2D eigenvalue weighted by Gasteiger charge is -2.26. The second-order valence-corrected chi connectivity index (χ2v) is 10.00. The molecule has 0 atom stereocenters. The summed E-state index contributed by atoms with van der Waals surface area (Å²) in [7, 11) is 0. The summed E-state index contributed by atoms with van der Waals surface area (Å²) in [6.07, 6.45) is 6.66. The van der Waals surface area contributed by atoms with Crippen LogP contribution < -0.4 is 0 Å². The molecular weight excluding hydrogens is 415 g/mol. The minimum absolute atomic E-state index is 0.273. The topological polar surface area (TPSA) is 0 Å². The number of benzene rings is 3. The van der Waals surface area contributed by atoms with E-state index in [1.54, 1.807) is 6.07 Å². The van der Waals surface area contributed by atoms with Crippen molar-refractivity contribution in [3.63, 3.8) is 0 Å². The first-order valence-corrected chi connectivity index (χ1v) is 12.4. The van der Waals surface area contributed by atoms with Crippen LogP contribution in [0.4, 0.5) is 4.39 Å². The normalized spacial score (nSPS) is 17.3. The zero-order valence-electron chi connectivity index (χ0n) is 20.8. The van der Waals surface area contributed by atoms with E-state index in [0.717, 1.165) is 45.2 Å². The Kier molecular flexibility index (Phi) is 7.55. The first-order chi connectivity index (χ1) is 16.4. The van der Waals surface area contributed by atoms with Gasteiger partial charge in [-0.05, 0) is 111 Å². The molecule has 0 saturated heterocycles. The van der Waals surface area contributed by atoms with Crippen LogP contribution in [0.2, 0.25) is 0 Å². The van der Waals surface area contributed by atoms with Crippen molar-refractivity contribution in [2.75, 3.05) is 0 Å². The molecular formula is C33H33F. The highest BCUT2D eigenvalue weighted by Crippen LogP contribution is 2.30. The molecule has 1 fully saturated rings. The van der Waals surface area contributed by atoms with E-state index in [9.17, 15) is 4.39 Å². The van der Waals surface area contributed by atoms with Crippen molar-refractivity contribution in [2.24, 2.45) is 11.8 Å². The van der Waals surface area contributed by atoms with Crippen molar-refractivity contribution >= 4 is 0 Å². The van der Waals surface area contributed by atoms with Crippen LogP contribution in [0, 0.1) is 62.1 Å². The molecule has 0 radical (unpaired) electrons. The van der Waals surface area contributed by atoms with Crippen LogP contribution in [-0.2, 0) is 6.42 Å². The van der Waals surface area contributed by atoms with Crippen LogP contribution in [0.25, 0.3) is 0 Å². The van der Waals surface area contributed by atoms with E-state index in [0.29, 0.717) is 5.56 Å². The summed E-state index contributed by atoms with van der Waals surface area (Å²) >= 11 is 0. The van der Waals surface area contributed by atoms with E-state index in [1.165, 1.54) is 43.7 Å². The molecule has 0 heterocycles. The van der Waals surface area contributed by atoms with Crippen LogP contribution >= 0.6 is 0 Å². The SMILES string of the molecule is Cc1ccc(C#Cc2c(C)cc(C#Cc3ccc(CC4CCC(C)CC4)cc3)cc2C)c(F)c1. The van der Waals surface area contributed by atoms with Crippen LogP contribution in [-0.4, -0.2) is 0 Å². The van der Waals surface area contributed by atoms with E-state index in [1.807, 2.05) is 26.8 Å². The molecule has 0 aromatic heterocycles. The fraction of sp³-hybridized carbons (Fsp3) is 0.333. The van der Waals surface area contributed by atoms with Crippen LogP contribution in [0.1, 0.15) is 77.1 Å². The van der Waals surface area contributed by atoms with Gasteiger partial charge in [-0.3, -0.25) is 0 Å². The molecule has 1 aliphatic rings. The Labute approximate surface area is 204 Å². The van der Waals surface area contributed by atoms with Gasteiger partial charge in [-0.15, -0.1) is 0 Å². The summed E-state index contributed by atoms with van der Waals surface area (Å²) < 4.78 is 14.1. The molecule has 34 heavy (non-hydrogen) atoms. The maximum Gasteiger partial charge on any atom is 0.139 e. The third-order valence-corrected chi connectivity index (χ3v) is 6.94. The number of hydrogen-bond acceptors (Lipinski definition) is 0. The molecule has 1 aliphatic carbocycles. The van der Waals surface area contributed by atoms with Gasteiger partial charge in [0, 0.05) is 16.7 Å². The first-order valence-electron chi connectivity index (χ1n) is 12.4. The number of aryl methyl sites for hydroxylation is 3. The Bertz CT molecular complexity index is 1260. The summed E-state index contributed by atoms with van der Waals surface area (Å²) in [5.74, 6) is 14.2. The molecule has 172 valence electrons. The van der Waals surface area contributed by atoms with Gasteiger partial charge < -0.3 is 0 Å². The van der Waals surface area contributed by atoms with Crippen LogP contribution in [0.15, 0.2) is 54.6 Å². The quantitative estimate of drug-likeness (QED) is 0.349. The fourth-order valence-corrected chi connectivity index (χ4v) is 4.82. The van der Waals surface area contributed by atoms with E-state index in [-0.39, 0.29) is 5.82 Å². The minimum Gasteiger partial charge on any atom is -0.206 e. The van der Waals surface area contributed by atoms with Crippen molar-refractivity contribution in [1.82, 2.24) is 0 Å². The van der Waals surface area contributed by atoms with E-state index in [2.05, 4.69) is 67.0 Å². The summed E-state index contributed by atoms with van der Waals surface area (Å²) in [6.45, 7) is 8.32. The van der Waals surface area contributed by atoms with Crippen molar-refractivity contribution < 1.29 is 4.39 Å².